The van der Waals surface area contributed by atoms with Crippen LogP contribution in [-0.4, -0.2) is 48.6 Å². The molecule has 0 spiro atoms. The summed E-state index contributed by atoms with van der Waals surface area (Å²) in [7, 11) is 1.80. The fraction of sp³-hybridized carbons (Fsp3) is 0.500. The van der Waals surface area contributed by atoms with Crippen molar-refractivity contribution in [1.29, 1.82) is 0 Å². The minimum atomic E-state index is -0.181. The Hall–Kier alpha value is -1.94. The van der Waals surface area contributed by atoms with E-state index in [1.165, 1.54) is 25.0 Å². The van der Waals surface area contributed by atoms with Gasteiger partial charge in [-0.05, 0) is 60.9 Å². The summed E-state index contributed by atoms with van der Waals surface area (Å²) in [4.78, 5) is 11.1. The molecule has 2 heterocycles. The number of hydrogen-bond acceptors (Lipinski definition) is 4. The monoisotopic (exact) mass is 553 g/mol. The summed E-state index contributed by atoms with van der Waals surface area (Å²) in [5.41, 5.74) is 2.28. The van der Waals surface area contributed by atoms with Crippen LogP contribution in [0.1, 0.15) is 36.8 Å². The number of hydrogen-bond donors (Lipinski definition) is 2. The van der Waals surface area contributed by atoms with Crippen molar-refractivity contribution in [2.45, 2.75) is 44.8 Å². The smallest absolute Gasteiger partial charge is 0.213 e. The fourth-order valence-corrected chi connectivity index (χ4v) is 3.78. The van der Waals surface area contributed by atoms with Gasteiger partial charge >= 0.3 is 0 Å². The first-order valence-electron chi connectivity index (χ1n) is 11.2. The van der Waals surface area contributed by atoms with E-state index in [1.54, 1.807) is 13.2 Å². The molecule has 0 bridgehead atoms. The molecule has 1 aliphatic heterocycles. The Morgan fingerprint density at radius 2 is 1.88 bits per heavy atom. The van der Waals surface area contributed by atoms with E-state index in [9.17, 15) is 4.39 Å². The van der Waals surface area contributed by atoms with Gasteiger partial charge in [-0.15, -0.1) is 24.0 Å². The van der Waals surface area contributed by atoms with Crippen LogP contribution in [-0.2, 0) is 13.1 Å². The van der Waals surface area contributed by atoms with Gasteiger partial charge in [0.15, 0.2) is 5.96 Å². The molecule has 2 aromatic rings. The standard InChI is InChI=1S/C24H32FN5O.HI/c1-26-24(28-15-20-8-11-27-23(14-20)31-17-19-2-3-19)29-22-9-12-30(13-10-22)16-18-4-6-21(25)7-5-18;/h4-8,11,14,19,22H,2-3,9-10,12-13,15-17H2,1H3,(H2,26,28,29);1H. The number of pyridine rings is 1. The summed E-state index contributed by atoms with van der Waals surface area (Å²) in [6, 6.07) is 11.2. The summed E-state index contributed by atoms with van der Waals surface area (Å²) in [5, 5.41) is 6.95. The van der Waals surface area contributed by atoms with Gasteiger partial charge < -0.3 is 15.4 Å². The summed E-state index contributed by atoms with van der Waals surface area (Å²) >= 11 is 0. The Kier molecular flexibility index (Phi) is 9.52. The summed E-state index contributed by atoms with van der Waals surface area (Å²) in [6.45, 7) is 4.34. The van der Waals surface area contributed by atoms with E-state index in [1.807, 2.05) is 24.3 Å². The fourth-order valence-electron chi connectivity index (χ4n) is 3.78. The number of likely N-dealkylation sites (tertiary alicyclic amines) is 1. The van der Waals surface area contributed by atoms with E-state index >= 15 is 0 Å². The van der Waals surface area contributed by atoms with Crippen LogP contribution in [0.3, 0.4) is 0 Å². The number of rotatable bonds is 8. The zero-order valence-corrected chi connectivity index (χ0v) is 20.9. The van der Waals surface area contributed by atoms with E-state index in [0.717, 1.165) is 56.2 Å². The maximum atomic E-state index is 13.1. The lowest BCUT2D eigenvalue weighted by Gasteiger charge is -2.33. The molecule has 32 heavy (non-hydrogen) atoms. The number of ether oxygens (including phenoxy) is 1. The molecule has 2 aliphatic rings. The van der Waals surface area contributed by atoms with E-state index in [2.05, 4.69) is 25.5 Å². The first-order valence-corrected chi connectivity index (χ1v) is 11.2. The third-order valence-corrected chi connectivity index (χ3v) is 5.89. The van der Waals surface area contributed by atoms with E-state index in [0.29, 0.717) is 24.4 Å². The molecule has 1 aromatic heterocycles. The lowest BCUT2D eigenvalue weighted by Crippen LogP contribution is -2.48. The Labute approximate surface area is 207 Å². The van der Waals surface area contributed by atoms with Crippen molar-refractivity contribution in [3.05, 3.63) is 59.5 Å². The Bertz CT molecular complexity index is 867. The SMILES string of the molecule is CN=C(NCc1ccnc(OCC2CC2)c1)NC1CCN(Cc2ccc(F)cc2)CC1.I. The number of benzene rings is 1. The van der Waals surface area contributed by atoms with Gasteiger partial charge in [0.2, 0.25) is 5.88 Å². The van der Waals surface area contributed by atoms with Gasteiger partial charge in [0.05, 0.1) is 6.61 Å². The van der Waals surface area contributed by atoms with Gasteiger partial charge in [-0.25, -0.2) is 9.37 Å². The highest BCUT2D eigenvalue weighted by molar-refractivity contribution is 14.0. The maximum absolute atomic E-state index is 13.1. The minimum Gasteiger partial charge on any atom is -0.477 e. The molecule has 1 saturated carbocycles. The minimum absolute atomic E-state index is 0. The number of nitrogens with one attached hydrogen (secondary N) is 2. The van der Waals surface area contributed by atoms with Crippen LogP contribution >= 0.6 is 24.0 Å². The molecule has 0 unspecified atom stereocenters. The van der Waals surface area contributed by atoms with Gasteiger partial charge in [0.1, 0.15) is 5.82 Å². The third kappa shape index (κ3) is 7.88. The predicted octanol–water partition coefficient (Wildman–Crippen LogP) is 3.96. The molecule has 6 nitrogen and oxygen atoms in total. The highest BCUT2D eigenvalue weighted by Gasteiger charge is 2.22. The molecule has 0 amide bonds. The van der Waals surface area contributed by atoms with Gasteiger partial charge in [0, 0.05) is 51.5 Å². The van der Waals surface area contributed by atoms with Crippen molar-refractivity contribution in [1.82, 2.24) is 20.5 Å². The Morgan fingerprint density at radius 3 is 2.56 bits per heavy atom. The van der Waals surface area contributed by atoms with Crippen molar-refractivity contribution in [2.75, 3.05) is 26.7 Å². The first-order chi connectivity index (χ1) is 15.2. The molecule has 0 atom stereocenters. The lowest BCUT2D eigenvalue weighted by molar-refractivity contribution is 0.198. The molecule has 174 valence electrons. The lowest BCUT2D eigenvalue weighted by atomic mass is 10.0. The van der Waals surface area contributed by atoms with Crippen LogP contribution in [0, 0.1) is 11.7 Å². The van der Waals surface area contributed by atoms with Crippen LogP contribution in [0.15, 0.2) is 47.6 Å². The number of nitrogens with zero attached hydrogens (tertiary/aromatic N) is 3. The largest absolute Gasteiger partial charge is 0.477 e. The highest BCUT2D eigenvalue weighted by Crippen LogP contribution is 2.29. The Balaban J connectivity index is 0.00000289. The van der Waals surface area contributed by atoms with Gasteiger partial charge in [-0.2, -0.15) is 0 Å². The number of aromatic nitrogens is 1. The van der Waals surface area contributed by atoms with Gasteiger partial charge in [-0.1, -0.05) is 12.1 Å². The van der Waals surface area contributed by atoms with Crippen LogP contribution in [0.2, 0.25) is 0 Å². The van der Waals surface area contributed by atoms with Crippen molar-refractivity contribution < 1.29 is 9.13 Å². The number of guanidine groups is 1. The molecule has 1 aromatic carbocycles. The second-order valence-corrected chi connectivity index (χ2v) is 8.50. The van der Waals surface area contributed by atoms with E-state index in [-0.39, 0.29) is 29.8 Å². The van der Waals surface area contributed by atoms with E-state index < -0.39 is 0 Å². The molecule has 2 N–H and O–H groups in total. The van der Waals surface area contributed by atoms with Crippen molar-refractivity contribution in [3.63, 3.8) is 0 Å². The Morgan fingerprint density at radius 1 is 1.12 bits per heavy atom. The topological polar surface area (TPSA) is 61.8 Å². The van der Waals surface area contributed by atoms with E-state index in [4.69, 9.17) is 4.74 Å². The maximum Gasteiger partial charge on any atom is 0.213 e. The second kappa shape index (κ2) is 12.3. The predicted molar refractivity (Wildman–Crippen MR) is 136 cm³/mol. The summed E-state index contributed by atoms with van der Waals surface area (Å²) in [6.07, 6.45) is 6.45. The molecular formula is C24H33FIN5O. The zero-order valence-electron chi connectivity index (χ0n) is 18.6. The first kappa shape index (κ1) is 24.7. The normalized spacial score (nSPS) is 17.5. The third-order valence-electron chi connectivity index (χ3n) is 5.89. The van der Waals surface area contributed by atoms with Crippen molar-refractivity contribution >= 4 is 29.9 Å². The van der Waals surface area contributed by atoms with Gasteiger partial charge in [-0.3, -0.25) is 9.89 Å². The van der Waals surface area contributed by atoms with Gasteiger partial charge in [0.25, 0.3) is 0 Å². The van der Waals surface area contributed by atoms with Crippen LogP contribution in [0.5, 0.6) is 5.88 Å². The molecule has 4 rings (SSSR count). The summed E-state index contributed by atoms with van der Waals surface area (Å²) in [5.74, 6) is 2.05. The molecule has 8 heteroatoms. The van der Waals surface area contributed by atoms with Crippen molar-refractivity contribution in [3.8, 4) is 5.88 Å². The molecule has 0 radical (unpaired) electrons. The van der Waals surface area contributed by atoms with Crippen molar-refractivity contribution in [2.24, 2.45) is 10.9 Å². The number of aliphatic imine (C=N–C) groups is 1. The molecular weight excluding hydrogens is 520 g/mol. The van der Waals surface area contributed by atoms with Crippen LogP contribution in [0.25, 0.3) is 0 Å². The molecule has 2 fully saturated rings. The zero-order chi connectivity index (χ0) is 21.5. The summed E-state index contributed by atoms with van der Waals surface area (Å²) < 4.78 is 18.9. The number of piperidine rings is 1. The second-order valence-electron chi connectivity index (χ2n) is 8.50. The average molecular weight is 553 g/mol. The highest BCUT2D eigenvalue weighted by atomic mass is 127. The molecule has 1 saturated heterocycles. The average Bonchev–Trinajstić information content (AvgIpc) is 3.63. The number of halogens is 2. The van der Waals surface area contributed by atoms with Crippen LogP contribution < -0.4 is 15.4 Å². The van der Waals surface area contributed by atoms with Crippen LogP contribution in [0.4, 0.5) is 4.39 Å². The molecule has 1 aliphatic carbocycles. The quantitative estimate of drug-likeness (QED) is 0.295.